The lowest BCUT2D eigenvalue weighted by molar-refractivity contribution is 0.132. The quantitative estimate of drug-likeness (QED) is 0.878. The maximum absolute atomic E-state index is 8.75. The summed E-state index contributed by atoms with van der Waals surface area (Å²) in [4.78, 5) is 0. The molecule has 1 saturated carbocycles. The highest BCUT2D eigenvalue weighted by molar-refractivity contribution is 6.32. The average Bonchev–Trinajstić information content (AvgIpc) is 2.34. The van der Waals surface area contributed by atoms with Crippen LogP contribution >= 0.6 is 11.6 Å². The maximum atomic E-state index is 8.75. The third kappa shape index (κ3) is 2.91. The molecule has 2 atom stereocenters. The monoisotopic (exact) mass is 250 g/mol. The molecule has 0 spiro atoms. The van der Waals surface area contributed by atoms with Crippen LogP contribution in [-0.2, 0) is 0 Å². The Labute approximate surface area is 106 Å². The SMILES string of the molecule is N#Cc1ccc(OC2CCCCC2N)c(Cl)c1. The van der Waals surface area contributed by atoms with Gasteiger partial charge in [0.25, 0.3) is 0 Å². The van der Waals surface area contributed by atoms with Gasteiger partial charge in [-0.15, -0.1) is 0 Å². The lowest BCUT2D eigenvalue weighted by Gasteiger charge is -2.29. The van der Waals surface area contributed by atoms with Crippen LogP contribution in [0.2, 0.25) is 5.02 Å². The molecule has 3 nitrogen and oxygen atoms in total. The van der Waals surface area contributed by atoms with Gasteiger partial charge in [0, 0.05) is 6.04 Å². The summed E-state index contributed by atoms with van der Waals surface area (Å²) in [5, 5.41) is 9.22. The maximum Gasteiger partial charge on any atom is 0.138 e. The largest absolute Gasteiger partial charge is 0.487 e. The molecule has 0 aromatic heterocycles. The summed E-state index contributed by atoms with van der Waals surface area (Å²) in [5.41, 5.74) is 6.55. The van der Waals surface area contributed by atoms with Crippen molar-refractivity contribution in [3.8, 4) is 11.8 Å². The van der Waals surface area contributed by atoms with Gasteiger partial charge in [-0.05, 0) is 37.5 Å². The Balaban J connectivity index is 2.10. The molecule has 0 heterocycles. The van der Waals surface area contributed by atoms with Crippen LogP contribution in [0.5, 0.6) is 5.75 Å². The first-order valence-electron chi connectivity index (χ1n) is 5.82. The summed E-state index contributed by atoms with van der Waals surface area (Å²) >= 11 is 6.06. The van der Waals surface area contributed by atoms with Gasteiger partial charge in [-0.25, -0.2) is 0 Å². The molecule has 17 heavy (non-hydrogen) atoms. The molecule has 1 fully saturated rings. The first-order valence-corrected chi connectivity index (χ1v) is 6.20. The van der Waals surface area contributed by atoms with Crippen molar-refractivity contribution in [1.82, 2.24) is 0 Å². The van der Waals surface area contributed by atoms with E-state index in [0.29, 0.717) is 16.3 Å². The van der Waals surface area contributed by atoms with Gasteiger partial charge in [0.15, 0.2) is 0 Å². The molecule has 2 rings (SSSR count). The number of nitriles is 1. The minimum atomic E-state index is 0.0363. The fraction of sp³-hybridized carbons (Fsp3) is 0.462. The van der Waals surface area contributed by atoms with E-state index in [1.165, 1.54) is 6.42 Å². The van der Waals surface area contributed by atoms with Gasteiger partial charge in [0.05, 0.1) is 16.7 Å². The molecule has 0 bridgehead atoms. The standard InChI is InChI=1S/C13H15ClN2O/c14-10-7-9(8-15)5-6-12(10)17-13-4-2-1-3-11(13)16/h5-7,11,13H,1-4,16H2. The van der Waals surface area contributed by atoms with Crippen molar-refractivity contribution < 1.29 is 4.74 Å². The molecule has 1 aromatic rings. The average molecular weight is 251 g/mol. The summed E-state index contributed by atoms with van der Waals surface area (Å²) < 4.78 is 5.83. The fourth-order valence-electron chi connectivity index (χ4n) is 2.10. The number of hydrogen-bond donors (Lipinski definition) is 1. The summed E-state index contributed by atoms with van der Waals surface area (Å²) in [7, 11) is 0. The first kappa shape index (κ1) is 12.2. The van der Waals surface area contributed by atoms with E-state index in [1.807, 2.05) is 6.07 Å². The van der Waals surface area contributed by atoms with Crippen LogP contribution < -0.4 is 10.5 Å². The topological polar surface area (TPSA) is 59.0 Å². The zero-order valence-electron chi connectivity index (χ0n) is 9.53. The molecular formula is C13H15ClN2O. The third-order valence-electron chi connectivity index (χ3n) is 3.09. The zero-order valence-corrected chi connectivity index (χ0v) is 10.3. The lowest BCUT2D eigenvalue weighted by atomic mass is 9.93. The van der Waals surface area contributed by atoms with Gasteiger partial charge in [0.1, 0.15) is 11.9 Å². The highest BCUT2D eigenvalue weighted by Gasteiger charge is 2.24. The normalized spacial score (nSPS) is 24.1. The van der Waals surface area contributed by atoms with Gasteiger partial charge >= 0.3 is 0 Å². The van der Waals surface area contributed by atoms with E-state index < -0.39 is 0 Å². The molecule has 1 aliphatic carbocycles. The summed E-state index contributed by atoms with van der Waals surface area (Å²) in [6, 6.07) is 7.18. The minimum absolute atomic E-state index is 0.0363. The molecule has 0 aliphatic heterocycles. The molecular weight excluding hydrogens is 236 g/mol. The van der Waals surface area contributed by atoms with Gasteiger partial charge in [0.2, 0.25) is 0 Å². The van der Waals surface area contributed by atoms with E-state index in [2.05, 4.69) is 0 Å². The molecule has 1 aromatic carbocycles. The molecule has 2 unspecified atom stereocenters. The van der Waals surface area contributed by atoms with Crippen molar-refractivity contribution in [2.75, 3.05) is 0 Å². The fourth-order valence-corrected chi connectivity index (χ4v) is 2.33. The number of nitrogens with zero attached hydrogens (tertiary/aromatic N) is 1. The summed E-state index contributed by atoms with van der Waals surface area (Å²) in [6.07, 6.45) is 4.32. The van der Waals surface area contributed by atoms with E-state index in [-0.39, 0.29) is 12.1 Å². The van der Waals surface area contributed by atoms with Crippen LogP contribution in [0.4, 0.5) is 0 Å². The van der Waals surface area contributed by atoms with Gasteiger partial charge in [-0.3, -0.25) is 0 Å². The van der Waals surface area contributed by atoms with E-state index >= 15 is 0 Å². The highest BCUT2D eigenvalue weighted by Crippen LogP contribution is 2.29. The van der Waals surface area contributed by atoms with Crippen molar-refractivity contribution in [2.24, 2.45) is 5.73 Å². The van der Waals surface area contributed by atoms with Gasteiger partial charge in [-0.2, -0.15) is 5.26 Å². The van der Waals surface area contributed by atoms with E-state index in [1.54, 1.807) is 18.2 Å². The predicted molar refractivity (Wildman–Crippen MR) is 67.0 cm³/mol. The van der Waals surface area contributed by atoms with Crippen molar-refractivity contribution >= 4 is 11.6 Å². The molecule has 90 valence electrons. The van der Waals surface area contributed by atoms with E-state index in [4.69, 9.17) is 27.3 Å². The molecule has 0 saturated heterocycles. The van der Waals surface area contributed by atoms with Crippen LogP contribution in [0.25, 0.3) is 0 Å². The molecule has 0 radical (unpaired) electrons. The van der Waals surface area contributed by atoms with Crippen LogP contribution in [0, 0.1) is 11.3 Å². The number of benzene rings is 1. The van der Waals surface area contributed by atoms with Crippen molar-refractivity contribution in [3.05, 3.63) is 28.8 Å². The van der Waals surface area contributed by atoms with Crippen LogP contribution in [0.15, 0.2) is 18.2 Å². The van der Waals surface area contributed by atoms with Crippen molar-refractivity contribution in [3.63, 3.8) is 0 Å². The number of ether oxygens (including phenoxy) is 1. The van der Waals surface area contributed by atoms with Gasteiger partial charge in [-0.1, -0.05) is 18.0 Å². The Bertz CT molecular complexity index is 442. The van der Waals surface area contributed by atoms with Crippen LogP contribution in [-0.4, -0.2) is 12.1 Å². The molecule has 2 N–H and O–H groups in total. The smallest absolute Gasteiger partial charge is 0.138 e. The Morgan fingerprint density at radius 2 is 2.12 bits per heavy atom. The molecule has 4 heteroatoms. The number of halogens is 1. The Kier molecular flexibility index (Phi) is 3.88. The third-order valence-corrected chi connectivity index (χ3v) is 3.39. The molecule has 1 aliphatic rings. The molecule has 0 amide bonds. The summed E-state index contributed by atoms with van der Waals surface area (Å²) in [6.45, 7) is 0. The highest BCUT2D eigenvalue weighted by atomic mass is 35.5. The predicted octanol–water partition coefficient (Wildman–Crippen LogP) is 2.86. The van der Waals surface area contributed by atoms with E-state index in [9.17, 15) is 0 Å². The zero-order chi connectivity index (χ0) is 12.3. The summed E-state index contributed by atoms with van der Waals surface area (Å²) in [5.74, 6) is 0.619. The van der Waals surface area contributed by atoms with Crippen LogP contribution in [0.3, 0.4) is 0 Å². The minimum Gasteiger partial charge on any atom is -0.487 e. The lowest BCUT2D eigenvalue weighted by Crippen LogP contribution is -2.41. The van der Waals surface area contributed by atoms with Gasteiger partial charge < -0.3 is 10.5 Å². The van der Waals surface area contributed by atoms with E-state index in [0.717, 1.165) is 19.3 Å². The second-order valence-electron chi connectivity index (χ2n) is 4.36. The number of nitrogens with two attached hydrogens (primary N) is 1. The Morgan fingerprint density at radius 1 is 1.35 bits per heavy atom. The number of rotatable bonds is 2. The second kappa shape index (κ2) is 5.39. The Hall–Kier alpha value is -1.24. The number of hydrogen-bond acceptors (Lipinski definition) is 3. The Morgan fingerprint density at radius 3 is 2.76 bits per heavy atom. The second-order valence-corrected chi connectivity index (χ2v) is 4.77. The van der Waals surface area contributed by atoms with Crippen molar-refractivity contribution in [1.29, 1.82) is 5.26 Å². The van der Waals surface area contributed by atoms with Crippen LogP contribution in [0.1, 0.15) is 31.2 Å². The van der Waals surface area contributed by atoms with Crippen molar-refractivity contribution in [2.45, 2.75) is 37.8 Å². The first-order chi connectivity index (χ1) is 8.20.